The van der Waals surface area contributed by atoms with E-state index < -0.39 is 0 Å². The number of aliphatic hydroxyl groups excluding tert-OH is 1. The highest BCUT2D eigenvalue weighted by atomic mass is 16.3. The first-order valence-electron chi connectivity index (χ1n) is 7.06. The van der Waals surface area contributed by atoms with Gasteiger partial charge in [-0.3, -0.25) is 9.69 Å². The molecule has 1 heterocycles. The summed E-state index contributed by atoms with van der Waals surface area (Å²) in [6, 6.07) is 6.93. The Balaban J connectivity index is 1.97. The molecule has 0 saturated carbocycles. The van der Waals surface area contributed by atoms with E-state index in [1.165, 1.54) is 0 Å². The summed E-state index contributed by atoms with van der Waals surface area (Å²) in [7, 11) is 0. The molecule has 3 atom stereocenters. The van der Waals surface area contributed by atoms with Gasteiger partial charge in [0.25, 0.3) is 0 Å². The minimum atomic E-state index is -0.360. The highest BCUT2D eigenvalue weighted by molar-refractivity contribution is 5.97. The number of hydrogen-bond donors (Lipinski definition) is 3. The number of aliphatic hydroxyl groups is 1. The molecule has 0 aliphatic carbocycles. The van der Waals surface area contributed by atoms with Crippen LogP contribution in [-0.4, -0.2) is 41.1 Å². The van der Waals surface area contributed by atoms with E-state index in [0.29, 0.717) is 23.8 Å². The van der Waals surface area contributed by atoms with Crippen molar-refractivity contribution in [1.29, 1.82) is 0 Å². The first-order valence-corrected chi connectivity index (χ1v) is 7.06. The van der Waals surface area contributed by atoms with Crippen LogP contribution in [0.15, 0.2) is 24.3 Å². The van der Waals surface area contributed by atoms with E-state index in [2.05, 4.69) is 5.32 Å². The molecule has 0 radical (unpaired) electrons. The lowest BCUT2D eigenvalue weighted by molar-refractivity contribution is -0.122. The summed E-state index contributed by atoms with van der Waals surface area (Å²) in [5.41, 5.74) is 7.01. The van der Waals surface area contributed by atoms with Crippen LogP contribution >= 0.6 is 0 Å². The van der Waals surface area contributed by atoms with Crippen LogP contribution in [0.4, 0.5) is 11.4 Å². The maximum atomic E-state index is 12.3. The van der Waals surface area contributed by atoms with E-state index in [4.69, 9.17) is 5.73 Å². The fraction of sp³-hybridized carbons (Fsp3) is 0.533. The summed E-state index contributed by atoms with van der Waals surface area (Å²) >= 11 is 0. The van der Waals surface area contributed by atoms with Gasteiger partial charge in [-0.2, -0.15) is 0 Å². The molecular formula is C15H23N3O2. The number of nitrogens with one attached hydrogen (secondary N) is 1. The Morgan fingerprint density at radius 1 is 1.50 bits per heavy atom. The largest absolute Gasteiger partial charge is 0.397 e. The highest BCUT2D eigenvalue weighted by Crippen LogP contribution is 2.21. The molecule has 1 aliphatic heterocycles. The average Bonchev–Trinajstić information content (AvgIpc) is 2.43. The number of amides is 1. The Morgan fingerprint density at radius 2 is 2.20 bits per heavy atom. The predicted molar refractivity (Wildman–Crippen MR) is 80.3 cm³/mol. The fourth-order valence-electron chi connectivity index (χ4n) is 2.44. The molecule has 1 saturated heterocycles. The lowest BCUT2D eigenvalue weighted by Gasteiger charge is -2.37. The maximum Gasteiger partial charge on any atom is 0.241 e. The molecule has 2 rings (SSSR count). The quantitative estimate of drug-likeness (QED) is 0.728. The molecule has 1 aromatic carbocycles. The minimum absolute atomic E-state index is 0.0929. The van der Waals surface area contributed by atoms with Gasteiger partial charge < -0.3 is 16.2 Å². The number of hydrogen-bond acceptors (Lipinski definition) is 4. The summed E-state index contributed by atoms with van der Waals surface area (Å²) < 4.78 is 0. The number of rotatable bonds is 3. The van der Waals surface area contributed by atoms with Gasteiger partial charge in [-0.15, -0.1) is 0 Å². The molecule has 20 heavy (non-hydrogen) atoms. The second-order valence-corrected chi connectivity index (χ2v) is 5.58. The number of para-hydroxylation sites is 2. The second kappa shape index (κ2) is 6.24. The number of benzene rings is 1. The molecule has 0 aromatic heterocycles. The Kier molecular flexibility index (Phi) is 4.62. The Hall–Kier alpha value is -1.59. The van der Waals surface area contributed by atoms with E-state index in [9.17, 15) is 9.90 Å². The third-order valence-electron chi connectivity index (χ3n) is 4.10. The Bertz CT molecular complexity index is 478. The predicted octanol–water partition coefficient (Wildman–Crippen LogP) is 1.30. The maximum absolute atomic E-state index is 12.3. The van der Waals surface area contributed by atoms with Gasteiger partial charge in [0.05, 0.1) is 23.5 Å². The zero-order chi connectivity index (χ0) is 14.7. The average molecular weight is 277 g/mol. The van der Waals surface area contributed by atoms with Crippen LogP contribution in [0.1, 0.15) is 20.3 Å². The standard InChI is InChI=1S/C15H23N3O2/c1-10-7-8-18(9-14(10)19)11(2)15(20)17-13-6-4-3-5-12(13)16/h3-6,10-11,14,19H,7-9,16H2,1-2H3,(H,17,20). The van der Waals surface area contributed by atoms with Crippen LogP contribution in [0.5, 0.6) is 0 Å². The van der Waals surface area contributed by atoms with Crippen molar-refractivity contribution in [3.05, 3.63) is 24.3 Å². The van der Waals surface area contributed by atoms with Crippen molar-refractivity contribution in [2.24, 2.45) is 5.92 Å². The number of likely N-dealkylation sites (tertiary alicyclic amines) is 1. The Labute approximate surface area is 119 Å². The molecule has 5 heteroatoms. The van der Waals surface area contributed by atoms with Gasteiger partial charge in [0.2, 0.25) is 5.91 Å². The van der Waals surface area contributed by atoms with Gasteiger partial charge in [-0.05, 0) is 37.9 Å². The van der Waals surface area contributed by atoms with E-state index in [1.54, 1.807) is 12.1 Å². The van der Waals surface area contributed by atoms with Gasteiger partial charge in [-0.25, -0.2) is 0 Å². The van der Waals surface area contributed by atoms with E-state index in [0.717, 1.165) is 13.0 Å². The van der Waals surface area contributed by atoms with Crippen molar-refractivity contribution >= 4 is 17.3 Å². The molecule has 1 aliphatic rings. The van der Waals surface area contributed by atoms with Crippen molar-refractivity contribution in [3.8, 4) is 0 Å². The van der Waals surface area contributed by atoms with Gasteiger partial charge in [0.1, 0.15) is 0 Å². The molecule has 0 bridgehead atoms. The van der Waals surface area contributed by atoms with Crippen molar-refractivity contribution in [3.63, 3.8) is 0 Å². The van der Waals surface area contributed by atoms with Gasteiger partial charge >= 0.3 is 0 Å². The topological polar surface area (TPSA) is 78.6 Å². The van der Waals surface area contributed by atoms with Crippen molar-refractivity contribution in [1.82, 2.24) is 4.90 Å². The molecule has 0 spiro atoms. The Morgan fingerprint density at radius 3 is 2.85 bits per heavy atom. The normalized spacial score (nSPS) is 25.1. The lowest BCUT2D eigenvalue weighted by atomic mass is 9.95. The third kappa shape index (κ3) is 3.29. The summed E-state index contributed by atoms with van der Waals surface area (Å²) in [4.78, 5) is 14.3. The number of β-amino-alcohol motifs (C(OH)–C–C–N with tert-alkyl or cyclic N) is 1. The van der Waals surface area contributed by atoms with Crippen LogP contribution in [-0.2, 0) is 4.79 Å². The summed E-state index contributed by atoms with van der Waals surface area (Å²) in [5.74, 6) is 0.205. The van der Waals surface area contributed by atoms with E-state index in [1.807, 2.05) is 30.9 Å². The summed E-state index contributed by atoms with van der Waals surface area (Å²) in [5, 5.41) is 12.8. The summed E-state index contributed by atoms with van der Waals surface area (Å²) in [6.07, 6.45) is 0.549. The van der Waals surface area contributed by atoms with Crippen LogP contribution in [0.25, 0.3) is 0 Å². The zero-order valence-electron chi connectivity index (χ0n) is 12.0. The minimum Gasteiger partial charge on any atom is -0.397 e. The van der Waals surface area contributed by atoms with Crippen LogP contribution in [0, 0.1) is 5.92 Å². The smallest absolute Gasteiger partial charge is 0.241 e. The SMILES string of the molecule is CC1CCN(C(C)C(=O)Nc2ccccc2N)CC1O. The second-order valence-electron chi connectivity index (χ2n) is 5.58. The molecule has 1 amide bonds. The molecule has 1 aromatic rings. The number of anilines is 2. The fourth-order valence-corrected chi connectivity index (χ4v) is 2.44. The molecule has 3 unspecified atom stereocenters. The van der Waals surface area contributed by atoms with Gasteiger partial charge in [-0.1, -0.05) is 19.1 Å². The molecule has 4 N–H and O–H groups in total. The van der Waals surface area contributed by atoms with Gasteiger partial charge in [0, 0.05) is 6.54 Å². The molecule has 5 nitrogen and oxygen atoms in total. The lowest BCUT2D eigenvalue weighted by Crippen LogP contribution is -2.50. The van der Waals surface area contributed by atoms with Crippen molar-refractivity contribution in [2.75, 3.05) is 24.1 Å². The third-order valence-corrected chi connectivity index (χ3v) is 4.10. The first-order chi connectivity index (χ1) is 9.49. The number of piperidine rings is 1. The zero-order valence-corrected chi connectivity index (χ0v) is 12.0. The molecular weight excluding hydrogens is 254 g/mol. The number of carbonyl (C=O) groups is 1. The first kappa shape index (κ1) is 14.8. The molecule has 110 valence electrons. The summed E-state index contributed by atoms with van der Waals surface area (Å²) in [6.45, 7) is 5.27. The monoisotopic (exact) mass is 277 g/mol. The number of nitrogens with zero attached hydrogens (tertiary/aromatic N) is 1. The number of nitrogen functional groups attached to an aromatic ring is 1. The number of nitrogens with two attached hydrogens (primary N) is 1. The molecule has 1 fully saturated rings. The van der Waals surface area contributed by atoms with E-state index >= 15 is 0 Å². The van der Waals surface area contributed by atoms with E-state index in [-0.39, 0.29) is 18.1 Å². The van der Waals surface area contributed by atoms with Crippen molar-refractivity contribution < 1.29 is 9.90 Å². The van der Waals surface area contributed by atoms with Gasteiger partial charge in [0.15, 0.2) is 0 Å². The van der Waals surface area contributed by atoms with Crippen LogP contribution in [0.3, 0.4) is 0 Å². The van der Waals surface area contributed by atoms with Crippen LogP contribution < -0.4 is 11.1 Å². The van der Waals surface area contributed by atoms with Crippen molar-refractivity contribution in [2.45, 2.75) is 32.4 Å². The highest BCUT2D eigenvalue weighted by Gasteiger charge is 2.30. The number of carbonyl (C=O) groups excluding carboxylic acids is 1. The van der Waals surface area contributed by atoms with Crippen LogP contribution in [0.2, 0.25) is 0 Å².